The van der Waals surface area contributed by atoms with E-state index in [1.54, 1.807) is 12.2 Å². The minimum atomic E-state index is -0.668. The lowest BCUT2D eigenvalue weighted by atomic mass is 9.90. The second-order valence-electron chi connectivity index (χ2n) is 8.87. The zero-order valence-corrected chi connectivity index (χ0v) is 20.5. The SMILES string of the molecule is CC1C=Cc2c(CC(=NC(=O)C3=CC=C(Cl)CC3)C(=O)OCC[N+]3=CCOCC3)cc(=O)[nH]c2C1. The van der Waals surface area contributed by atoms with Crippen molar-refractivity contribution in [3.8, 4) is 0 Å². The van der Waals surface area contributed by atoms with Gasteiger partial charge in [-0.15, -0.1) is 0 Å². The molecular weight excluding hydrogens is 470 g/mol. The van der Waals surface area contributed by atoms with Gasteiger partial charge in [0.2, 0.25) is 5.56 Å². The van der Waals surface area contributed by atoms with Crippen LogP contribution in [0.2, 0.25) is 0 Å². The van der Waals surface area contributed by atoms with Crippen LogP contribution in [-0.2, 0) is 31.9 Å². The summed E-state index contributed by atoms with van der Waals surface area (Å²) in [5, 5.41) is 0.668. The predicted molar refractivity (Wildman–Crippen MR) is 134 cm³/mol. The molecular formula is C26H29ClN3O5+. The lowest BCUT2D eigenvalue weighted by Crippen LogP contribution is -2.31. The molecule has 1 aliphatic heterocycles. The quantitative estimate of drug-likeness (QED) is 0.354. The number of carbonyl (C=O) groups is 2. The van der Waals surface area contributed by atoms with Gasteiger partial charge in [-0.1, -0.05) is 36.8 Å². The van der Waals surface area contributed by atoms with Crippen molar-refractivity contribution in [1.82, 2.24) is 4.98 Å². The Morgan fingerprint density at radius 2 is 2.17 bits per heavy atom. The second-order valence-corrected chi connectivity index (χ2v) is 9.35. The molecule has 2 aliphatic carbocycles. The van der Waals surface area contributed by atoms with Crippen LogP contribution in [-0.4, -0.2) is 66.3 Å². The fourth-order valence-corrected chi connectivity index (χ4v) is 4.38. The van der Waals surface area contributed by atoms with Crippen LogP contribution < -0.4 is 5.56 Å². The molecule has 1 amide bonds. The fourth-order valence-electron chi connectivity index (χ4n) is 4.23. The number of nitrogens with one attached hydrogen (secondary N) is 1. The molecule has 2 heterocycles. The minimum Gasteiger partial charge on any atom is -0.454 e. The standard InChI is InChI=1S/C26H28ClN3O5/c1-17-2-7-21-19(16-24(31)28-22(21)14-17)15-23(29-25(32)18-3-5-20(27)6-4-18)26(33)35-13-10-30-8-11-34-12-9-30/h2-3,5,7-8,16-17H,4,6,9-15H2,1H3/p+1. The number of H-pyrrole nitrogens is 1. The van der Waals surface area contributed by atoms with Crippen molar-refractivity contribution in [2.75, 3.05) is 32.9 Å². The number of aliphatic imine (C=N–C) groups is 1. The highest BCUT2D eigenvalue weighted by Crippen LogP contribution is 2.24. The lowest BCUT2D eigenvalue weighted by Gasteiger charge is -2.18. The topological polar surface area (TPSA) is 101 Å². The minimum absolute atomic E-state index is 0.0170. The van der Waals surface area contributed by atoms with E-state index in [1.165, 1.54) is 6.07 Å². The molecule has 1 N–H and O–H groups in total. The molecule has 8 nitrogen and oxygen atoms in total. The Bertz CT molecular complexity index is 1220. The summed E-state index contributed by atoms with van der Waals surface area (Å²) in [4.78, 5) is 45.3. The molecule has 0 bridgehead atoms. The number of halogens is 1. The fraction of sp³-hybridized carbons (Fsp3) is 0.423. The highest BCUT2D eigenvalue weighted by Gasteiger charge is 2.23. The first-order valence-electron chi connectivity index (χ1n) is 11.8. The molecule has 0 spiro atoms. The number of aromatic amines is 1. The van der Waals surface area contributed by atoms with Gasteiger partial charge < -0.3 is 14.5 Å². The van der Waals surface area contributed by atoms with Crippen LogP contribution in [0.25, 0.3) is 6.08 Å². The maximum atomic E-state index is 13.0. The number of nitrogens with zero attached hydrogens (tertiary/aromatic N) is 2. The Kier molecular flexibility index (Phi) is 8.25. The van der Waals surface area contributed by atoms with Crippen LogP contribution in [0.5, 0.6) is 0 Å². The lowest BCUT2D eigenvalue weighted by molar-refractivity contribution is -0.535. The van der Waals surface area contributed by atoms with E-state index in [-0.39, 0.29) is 24.3 Å². The van der Waals surface area contributed by atoms with Gasteiger partial charge in [-0.2, -0.15) is 0 Å². The van der Waals surface area contributed by atoms with Crippen LogP contribution in [0.3, 0.4) is 0 Å². The van der Waals surface area contributed by atoms with Gasteiger partial charge in [0.15, 0.2) is 25.9 Å². The van der Waals surface area contributed by atoms with Crippen molar-refractivity contribution in [2.45, 2.75) is 32.6 Å². The number of pyridine rings is 1. The largest absolute Gasteiger partial charge is 0.454 e. The Balaban J connectivity index is 1.58. The van der Waals surface area contributed by atoms with Gasteiger partial charge in [0, 0.05) is 28.8 Å². The molecule has 9 heteroatoms. The number of amides is 1. The van der Waals surface area contributed by atoms with E-state index < -0.39 is 11.9 Å². The molecule has 1 unspecified atom stereocenters. The average molecular weight is 499 g/mol. The third-order valence-corrected chi connectivity index (χ3v) is 6.47. The molecule has 35 heavy (non-hydrogen) atoms. The van der Waals surface area contributed by atoms with Gasteiger partial charge in [0.1, 0.15) is 18.9 Å². The second kappa shape index (κ2) is 11.6. The molecule has 3 aliphatic rings. The third kappa shape index (κ3) is 6.74. The monoisotopic (exact) mass is 498 g/mol. The van der Waals surface area contributed by atoms with Crippen LogP contribution in [0.4, 0.5) is 0 Å². The predicted octanol–water partition coefficient (Wildman–Crippen LogP) is 2.59. The van der Waals surface area contributed by atoms with Crippen LogP contribution in [0, 0.1) is 5.92 Å². The van der Waals surface area contributed by atoms with Crippen molar-refractivity contribution in [2.24, 2.45) is 10.9 Å². The van der Waals surface area contributed by atoms with E-state index in [0.717, 1.165) is 17.8 Å². The normalized spacial score (nSPS) is 19.9. The summed E-state index contributed by atoms with van der Waals surface area (Å²) < 4.78 is 12.8. The summed E-state index contributed by atoms with van der Waals surface area (Å²) in [6, 6.07) is 1.46. The third-order valence-electron chi connectivity index (χ3n) is 6.16. The molecule has 1 atom stereocenters. The molecule has 0 fully saturated rings. The van der Waals surface area contributed by atoms with Gasteiger partial charge in [0.05, 0.1) is 0 Å². The van der Waals surface area contributed by atoms with E-state index in [0.29, 0.717) is 61.1 Å². The Labute approximate surface area is 208 Å². The van der Waals surface area contributed by atoms with E-state index in [2.05, 4.69) is 23.0 Å². The number of ether oxygens (including phenoxy) is 2. The highest BCUT2D eigenvalue weighted by atomic mass is 35.5. The van der Waals surface area contributed by atoms with Gasteiger partial charge in [-0.3, -0.25) is 9.59 Å². The molecule has 4 rings (SSSR count). The number of fused-ring (bicyclic) bond motifs is 1. The van der Waals surface area contributed by atoms with E-state index in [9.17, 15) is 14.4 Å². The zero-order chi connectivity index (χ0) is 24.8. The first-order chi connectivity index (χ1) is 16.9. The molecule has 0 radical (unpaired) electrons. The van der Waals surface area contributed by atoms with Crippen molar-refractivity contribution < 1.29 is 23.6 Å². The number of esters is 1. The van der Waals surface area contributed by atoms with E-state index in [1.807, 2.05) is 16.9 Å². The Morgan fingerprint density at radius 1 is 1.31 bits per heavy atom. The van der Waals surface area contributed by atoms with E-state index >= 15 is 0 Å². The Hall–Kier alpha value is -3.10. The zero-order valence-electron chi connectivity index (χ0n) is 19.7. The summed E-state index contributed by atoms with van der Waals surface area (Å²) in [6.45, 7) is 4.62. The van der Waals surface area contributed by atoms with Gasteiger partial charge in [-0.25, -0.2) is 14.4 Å². The highest BCUT2D eigenvalue weighted by molar-refractivity contribution is 6.39. The Morgan fingerprint density at radius 3 is 2.91 bits per heavy atom. The number of aromatic nitrogens is 1. The van der Waals surface area contributed by atoms with Crippen molar-refractivity contribution in [3.63, 3.8) is 0 Å². The average Bonchev–Trinajstić information content (AvgIpc) is 2.84. The number of allylic oxidation sites excluding steroid dienone is 4. The first-order valence-corrected chi connectivity index (χ1v) is 12.2. The van der Waals surface area contributed by atoms with Gasteiger partial charge >= 0.3 is 5.97 Å². The van der Waals surface area contributed by atoms with E-state index in [4.69, 9.17) is 21.1 Å². The summed E-state index contributed by atoms with van der Waals surface area (Å²) >= 11 is 6.01. The molecule has 1 aromatic heterocycles. The van der Waals surface area contributed by atoms with Crippen molar-refractivity contribution in [3.05, 3.63) is 62.1 Å². The first kappa shape index (κ1) is 25.0. The molecule has 0 saturated heterocycles. The van der Waals surface area contributed by atoms with Crippen LogP contribution in [0.15, 0.2) is 44.7 Å². The maximum absolute atomic E-state index is 13.0. The maximum Gasteiger partial charge on any atom is 0.353 e. The summed E-state index contributed by atoms with van der Waals surface area (Å²) in [6.07, 6.45) is 10.9. The summed E-state index contributed by atoms with van der Waals surface area (Å²) in [7, 11) is 0. The summed E-state index contributed by atoms with van der Waals surface area (Å²) in [5.74, 6) is -0.872. The number of hydrogen-bond donors (Lipinski definition) is 1. The number of carbonyl (C=O) groups excluding carboxylic acids is 2. The van der Waals surface area contributed by atoms with Crippen LogP contribution >= 0.6 is 11.6 Å². The smallest absolute Gasteiger partial charge is 0.353 e. The van der Waals surface area contributed by atoms with Gasteiger partial charge in [0.25, 0.3) is 5.91 Å². The van der Waals surface area contributed by atoms with Crippen molar-refractivity contribution in [1.29, 1.82) is 0 Å². The molecule has 0 aromatic carbocycles. The molecule has 1 aromatic rings. The number of rotatable bonds is 7. The molecule has 184 valence electrons. The number of hydrogen-bond acceptors (Lipinski definition) is 5. The summed E-state index contributed by atoms with van der Waals surface area (Å²) in [5.41, 5.74) is 2.51. The van der Waals surface area contributed by atoms with Crippen LogP contribution in [0.1, 0.15) is 36.6 Å². The van der Waals surface area contributed by atoms with Crippen molar-refractivity contribution >= 4 is 41.5 Å². The molecule has 0 saturated carbocycles. The van der Waals surface area contributed by atoms with Gasteiger partial charge in [-0.05, 0) is 42.4 Å².